The number of hydrogen-bond donors (Lipinski definition) is 2. The first-order chi connectivity index (χ1) is 14.1. The Morgan fingerprint density at radius 3 is 2.55 bits per heavy atom. The normalized spacial score (nSPS) is 10.5. The Morgan fingerprint density at radius 2 is 1.79 bits per heavy atom. The van der Waals surface area contributed by atoms with Crippen molar-refractivity contribution >= 4 is 17.3 Å². The molecule has 4 rings (SSSR count). The summed E-state index contributed by atoms with van der Waals surface area (Å²) in [6, 6.07) is 18.4. The molecule has 0 spiro atoms. The third-order valence-electron chi connectivity index (χ3n) is 4.57. The van der Waals surface area contributed by atoms with Crippen molar-refractivity contribution in [3.63, 3.8) is 0 Å². The molecule has 1 amide bonds. The fourth-order valence-corrected chi connectivity index (χ4v) is 3.10. The summed E-state index contributed by atoms with van der Waals surface area (Å²) in [6.45, 7) is 1.92. The third kappa shape index (κ3) is 3.82. The van der Waals surface area contributed by atoms with Gasteiger partial charge in [0.1, 0.15) is 0 Å². The highest BCUT2D eigenvalue weighted by atomic mass is 16.1. The molecule has 0 radical (unpaired) electrons. The number of aryl methyl sites for hydroxylation is 1. The highest BCUT2D eigenvalue weighted by molar-refractivity contribution is 6.09. The average Bonchev–Trinajstić information content (AvgIpc) is 2.75. The number of nitrogens with zero attached hydrogens (tertiary/aromatic N) is 3. The molecule has 0 aliphatic rings. The van der Waals surface area contributed by atoms with Gasteiger partial charge < -0.3 is 11.1 Å². The first-order valence-electron chi connectivity index (χ1n) is 9.13. The van der Waals surface area contributed by atoms with E-state index in [4.69, 9.17) is 5.73 Å². The first kappa shape index (κ1) is 18.3. The number of para-hydroxylation sites is 1. The predicted molar refractivity (Wildman–Crippen MR) is 114 cm³/mol. The standard InChI is InChI=1S/C23H19N5O/c1-15-9-10-18(23(29)27-17-7-3-2-4-8-17)21(24)20(15)22-26-13-11-19(28-22)16-6-5-12-25-14-16/h2-14H,24H2,1H3,(H,27,29). The molecule has 0 saturated heterocycles. The van der Waals surface area contributed by atoms with Crippen molar-refractivity contribution in [2.75, 3.05) is 11.1 Å². The Balaban J connectivity index is 1.74. The topological polar surface area (TPSA) is 93.8 Å². The Labute approximate surface area is 168 Å². The summed E-state index contributed by atoms with van der Waals surface area (Å²) >= 11 is 0. The molecular weight excluding hydrogens is 362 g/mol. The van der Waals surface area contributed by atoms with Gasteiger partial charge in [0.25, 0.3) is 5.91 Å². The second-order valence-corrected chi connectivity index (χ2v) is 6.55. The minimum Gasteiger partial charge on any atom is -0.397 e. The van der Waals surface area contributed by atoms with E-state index in [1.807, 2.05) is 61.5 Å². The van der Waals surface area contributed by atoms with Gasteiger partial charge in [-0.2, -0.15) is 0 Å². The van der Waals surface area contributed by atoms with Gasteiger partial charge in [0.05, 0.1) is 16.9 Å². The number of nitrogens with one attached hydrogen (secondary N) is 1. The Bertz CT molecular complexity index is 1160. The third-order valence-corrected chi connectivity index (χ3v) is 4.57. The summed E-state index contributed by atoms with van der Waals surface area (Å²) < 4.78 is 0. The van der Waals surface area contributed by atoms with Gasteiger partial charge in [0, 0.05) is 35.4 Å². The molecule has 142 valence electrons. The summed E-state index contributed by atoms with van der Waals surface area (Å²) in [5.41, 5.74) is 11.0. The SMILES string of the molecule is Cc1ccc(C(=O)Nc2ccccc2)c(N)c1-c1nccc(-c2cccnc2)n1. The lowest BCUT2D eigenvalue weighted by Gasteiger charge is -2.14. The molecule has 6 heteroatoms. The number of carbonyl (C=O) groups excluding carboxylic acids is 1. The fraction of sp³-hybridized carbons (Fsp3) is 0.0435. The van der Waals surface area contributed by atoms with Gasteiger partial charge in [-0.05, 0) is 48.9 Å². The summed E-state index contributed by atoms with van der Waals surface area (Å²) in [4.78, 5) is 26.0. The molecule has 0 aliphatic carbocycles. The number of nitrogen functional groups attached to an aromatic ring is 1. The van der Waals surface area contributed by atoms with Crippen molar-refractivity contribution in [3.05, 3.63) is 90.4 Å². The Morgan fingerprint density at radius 1 is 0.966 bits per heavy atom. The number of aromatic nitrogens is 3. The summed E-state index contributed by atoms with van der Waals surface area (Å²) in [6.07, 6.45) is 5.13. The summed E-state index contributed by atoms with van der Waals surface area (Å²) in [7, 11) is 0. The summed E-state index contributed by atoms with van der Waals surface area (Å²) in [5, 5.41) is 2.87. The number of nitrogens with two attached hydrogens (primary N) is 1. The van der Waals surface area contributed by atoms with E-state index < -0.39 is 0 Å². The van der Waals surface area contributed by atoms with Gasteiger partial charge in [-0.3, -0.25) is 9.78 Å². The van der Waals surface area contributed by atoms with E-state index in [0.29, 0.717) is 28.3 Å². The molecule has 0 aliphatic heterocycles. The van der Waals surface area contributed by atoms with Crippen molar-refractivity contribution in [2.24, 2.45) is 0 Å². The molecular formula is C23H19N5O. The van der Waals surface area contributed by atoms with Gasteiger partial charge in [0.2, 0.25) is 0 Å². The van der Waals surface area contributed by atoms with Crippen molar-refractivity contribution in [3.8, 4) is 22.6 Å². The highest BCUT2D eigenvalue weighted by Crippen LogP contribution is 2.31. The number of benzene rings is 2. The van der Waals surface area contributed by atoms with Crippen LogP contribution in [0.15, 0.2) is 79.3 Å². The molecule has 2 heterocycles. The lowest BCUT2D eigenvalue weighted by atomic mass is 10.00. The number of rotatable bonds is 4. The zero-order valence-electron chi connectivity index (χ0n) is 15.8. The lowest BCUT2D eigenvalue weighted by Crippen LogP contribution is -2.15. The van der Waals surface area contributed by atoms with Gasteiger partial charge >= 0.3 is 0 Å². The van der Waals surface area contributed by atoms with E-state index in [9.17, 15) is 4.79 Å². The van der Waals surface area contributed by atoms with Crippen LogP contribution in [0.25, 0.3) is 22.6 Å². The lowest BCUT2D eigenvalue weighted by molar-refractivity contribution is 0.102. The number of anilines is 2. The van der Waals surface area contributed by atoms with Crippen LogP contribution in [0, 0.1) is 6.92 Å². The molecule has 0 fully saturated rings. The first-order valence-corrected chi connectivity index (χ1v) is 9.13. The maximum Gasteiger partial charge on any atom is 0.257 e. The Hall–Kier alpha value is -4.06. The van der Waals surface area contributed by atoms with Gasteiger partial charge in [-0.15, -0.1) is 0 Å². The number of carbonyl (C=O) groups is 1. The van der Waals surface area contributed by atoms with Gasteiger partial charge in [-0.1, -0.05) is 24.3 Å². The van der Waals surface area contributed by atoms with Crippen molar-refractivity contribution in [2.45, 2.75) is 6.92 Å². The predicted octanol–water partition coefficient (Wildman–Crippen LogP) is 4.35. The van der Waals surface area contributed by atoms with Crippen LogP contribution < -0.4 is 11.1 Å². The van der Waals surface area contributed by atoms with E-state index in [-0.39, 0.29) is 5.91 Å². The van der Waals surface area contributed by atoms with E-state index in [2.05, 4.69) is 20.3 Å². The van der Waals surface area contributed by atoms with Crippen molar-refractivity contribution in [1.29, 1.82) is 0 Å². The maximum atomic E-state index is 12.8. The van der Waals surface area contributed by atoms with Crippen LogP contribution in [-0.4, -0.2) is 20.9 Å². The molecule has 2 aromatic carbocycles. The zero-order chi connectivity index (χ0) is 20.2. The molecule has 6 nitrogen and oxygen atoms in total. The van der Waals surface area contributed by atoms with Crippen LogP contribution in [0.3, 0.4) is 0 Å². The minimum absolute atomic E-state index is 0.279. The van der Waals surface area contributed by atoms with E-state index in [0.717, 1.165) is 16.8 Å². The molecule has 29 heavy (non-hydrogen) atoms. The number of amides is 1. The maximum absolute atomic E-state index is 12.8. The molecule has 3 N–H and O–H groups in total. The summed E-state index contributed by atoms with van der Waals surface area (Å²) in [5.74, 6) is 0.189. The van der Waals surface area contributed by atoms with E-state index in [1.165, 1.54) is 0 Å². The molecule has 0 saturated carbocycles. The zero-order valence-corrected chi connectivity index (χ0v) is 15.8. The second-order valence-electron chi connectivity index (χ2n) is 6.55. The van der Waals surface area contributed by atoms with Crippen molar-refractivity contribution < 1.29 is 4.79 Å². The largest absolute Gasteiger partial charge is 0.397 e. The molecule has 0 unspecified atom stereocenters. The molecule has 2 aromatic heterocycles. The van der Waals surface area contributed by atoms with Gasteiger partial charge in [0.15, 0.2) is 5.82 Å². The smallest absolute Gasteiger partial charge is 0.257 e. The second kappa shape index (κ2) is 7.90. The average molecular weight is 381 g/mol. The number of hydrogen-bond acceptors (Lipinski definition) is 5. The molecule has 0 bridgehead atoms. The quantitative estimate of drug-likeness (QED) is 0.513. The van der Waals surface area contributed by atoms with Crippen LogP contribution in [0.4, 0.5) is 11.4 Å². The van der Waals surface area contributed by atoms with E-state index in [1.54, 1.807) is 24.7 Å². The highest BCUT2D eigenvalue weighted by Gasteiger charge is 2.18. The minimum atomic E-state index is -0.279. The van der Waals surface area contributed by atoms with Crippen LogP contribution in [0.5, 0.6) is 0 Å². The fourth-order valence-electron chi connectivity index (χ4n) is 3.10. The number of pyridine rings is 1. The monoisotopic (exact) mass is 381 g/mol. The van der Waals surface area contributed by atoms with Crippen molar-refractivity contribution in [1.82, 2.24) is 15.0 Å². The molecule has 4 aromatic rings. The van der Waals surface area contributed by atoms with Crippen LogP contribution in [0.1, 0.15) is 15.9 Å². The Kier molecular flexibility index (Phi) is 4.99. The van der Waals surface area contributed by atoms with E-state index >= 15 is 0 Å². The van der Waals surface area contributed by atoms with Crippen LogP contribution in [0.2, 0.25) is 0 Å². The van der Waals surface area contributed by atoms with Crippen LogP contribution in [-0.2, 0) is 0 Å². The van der Waals surface area contributed by atoms with Gasteiger partial charge in [-0.25, -0.2) is 9.97 Å². The van der Waals surface area contributed by atoms with Crippen LogP contribution >= 0.6 is 0 Å². The molecule has 0 atom stereocenters.